The molecule has 0 aliphatic carbocycles. The Morgan fingerprint density at radius 1 is 1.40 bits per heavy atom. The molecule has 20 heavy (non-hydrogen) atoms. The Balaban J connectivity index is 2.87. The summed E-state index contributed by atoms with van der Waals surface area (Å²) in [5.74, 6) is -0.513. The number of rotatable bonds is 6. The van der Waals surface area contributed by atoms with Gasteiger partial charge in [0.2, 0.25) is 0 Å². The van der Waals surface area contributed by atoms with Gasteiger partial charge in [-0.25, -0.2) is 4.79 Å². The summed E-state index contributed by atoms with van der Waals surface area (Å²) in [5, 5.41) is 11.6. The van der Waals surface area contributed by atoms with Crippen LogP contribution in [0, 0.1) is 0 Å². The lowest BCUT2D eigenvalue weighted by molar-refractivity contribution is -0.138. The molecule has 1 aromatic carbocycles. The molecule has 0 saturated heterocycles. The molecule has 6 heteroatoms. The van der Waals surface area contributed by atoms with E-state index in [0.717, 1.165) is 0 Å². The third kappa shape index (κ3) is 4.15. The molecule has 0 aliphatic rings. The van der Waals surface area contributed by atoms with Crippen molar-refractivity contribution in [1.29, 1.82) is 0 Å². The van der Waals surface area contributed by atoms with E-state index in [1.54, 1.807) is 24.3 Å². The number of urea groups is 1. The first-order chi connectivity index (χ1) is 9.49. The fourth-order valence-corrected chi connectivity index (χ4v) is 1.73. The Morgan fingerprint density at radius 2 is 2.05 bits per heavy atom. The second kappa shape index (κ2) is 7.37. The van der Waals surface area contributed by atoms with Crippen LogP contribution in [0.1, 0.15) is 20.3 Å². The lowest BCUT2D eigenvalue weighted by Gasteiger charge is -2.27. The van der Waals surface area contributed by atoms with Gasteiger partial charge in [-0.05, 0) is 25.5 Å². The van der Waals surface area contributed by atoms with E-state index in [-0.39, 0.29) is 12.6 Å². The third-order valence-electron chi connectivity index (χ3n) is 3.04. The van der Waals surface area contributed by atoms with Gasteiger partial charge in [0.25, 0.3) is 0 Å². The molecule has 2 N–H and O–H groups in total. The zero-order chi connectivity index (χ0) is 15.1. The molecule has 0 fully saturated rings. The summed E-state index contributed by atoms with van der Waals surface area (Å²) in [7, 11) is 1.51. The van der Waals surface area contributed by atoms with Crippen LogP contribution in [0.4, 0.5) is 10.5 Å². The Kier molecular flexibility index (Phi) is 5.83. The van der Waals surface area contributed by atoms with Crippen LogP contribution in [0.2, 0.25) is 0 Å². The lowest BCUT2D eigenvalue weighted by Crippen LogP contribution is -2.44. The van der Waals surface area contributed by atoms with E-state index in [0.29, 0.717) is 17.9 Å². The van der Waals surface area contributed by atoms with Crippen LogP contribution in [0.25, 0.3) is 0 Å². The summed E-state index contributed by atoms with van der Waals surface area (Å²) in [4.78, 5) is 24.4. The van der Waals surface area contributed by atoms with Crippen molar-refractivity contribution in [2.45, 2.75) is 26.3 Å². The van der Waals surface area contributed by atoms with Gasteiger partial charge in [-0.3, -0.25) is 4.79 Å². The fraction of sp³-hybridized carbons (Fsp3) is 0.429. The SMILES string of the molecule is CCC(C)N(CC(=O)O)C(=O)Nc1ccccc1OC. The van der Waals surface area contributed by atoms with Crippen molar-refractivity contribution < 1.29 is 19.4 Å². The van der Waals surface area contributed by atoms with E-state index in [2.05, 4.69) is 5.32 Å². The maximum atomic E-state index is 12.2. The van der Waals surface area contributed by atoms with Crippen molar-refractivity contribution in [3.8, 4) is 5.75 Å². The van der Waals surface area contributed by atoms with E-state index < -0.39 is 12.0 Å². The molecule has 0 aliphatic heterocycles. The molecule has 1 aromatic rings. The van der Waals surface area contributed by atoms with E-state index in [4.69, 9.17) is 9.84 Å². The topological polar surface area (TPSA) is 78.9 Å². The number of carbonyl (C=O) groups excluding carboxylic acids is 1. The summed E-state index contributed by atoms with van der Waals surface area (Å²) in [6, 6.07) is 6.36. The Bertz CT molecular complexity index is 476. The third-order valence-corrected chi connectivity index (χ3v) is 3.04. The number of anilines is 1. The van der Waals surface area contributed by atoms with Crippen molar-refractivity contribution in [3.63, 3.8) is 0 Å². The lowest BCUT2D eigenvalue weighted by atomic mass is 10.2. The Morgan fingerprint density at radius 3 is 2.60 bits per heavy atom. The predicted molar refractivity (Wildman–Crippen MR) is 76.1 cm³/mol. The van der Waals surface area contributed by atoms with Crippen molar-refractivity contribution in [2.75, 3.05) is 19.0 Å². The maximum absolute atomic E-state index is 12.2. The molecule has 1 atom stereocenters. The zero-order valence-corrected chi connectivity index (χ0v) is 11.9. The molecule has 0 spiro atoms. The van der Waals surface area contributed by atoms with Crippen LogP contribution < -0.4 is 10.1 Å². The van der Waals surface area contributed by atoms with Gasteiger partial charge in [-0.2, -0.15) is 0 Å². The molecular formula is C14H20N2O4. The molecule has 0 radical (unpaired) electrons. The van der Waals surface area contributed by atoms with Gasteiger partial charge >= 0.3 is 12.0 Å². The molecular weight excluding hydrogens is 260 g/mol. The van der Waals surface area contributed by atoms with Crippen LogP contribution in [0.5, 0.6) is 5.75 Å². The summed E-state index contributed by atoms with van der Waals surface area (Å²) in [6.07, 6.45) is 0.673. The van der Waals surface area contributed by atoms with E-state index in [1.807, 2.05) is 13.8 Å². The number of ether oxygens (including phenoxy) is 1. The van der Waals surface area contributed by atoms with E-state index >= 15 is 0 Å². The summed E-state index contributed by atoms with van der Waals surface area (Å²) >= 11 is 0. The quantitative estimate of drug-likeness (QED) is 0.838. The molecule has 0 aromatic heterocycles. The number of carboxylic acids is 1. The molecule has 0 bridgehead atoms. The van der Waals surface area contributed by atoms with Crippen LogP contribution >= 0.6 is 0 Å². The number of hydrogen-bond acceptors (Lipinski definition) is 3. The van der Waals surface area contributed by atoms with Crippen molar-refractivity contribution in [2.24, 2.45) is 0 Å². The Hall–Kier alpha value is -2.24. The number of hydrogen-bond donors (Lipinski definition) is 2. The van der Waals surface area contributed by atoms with Crippen molar-refractivity contribution >= 4 is 17.7 Å². The number of amides is 2. The average molecular weight is 280 g/mol. The smallest absolute Gasteiger partial charge is 0.323 e. The van der Waals surface area contributed by atoms with E-state index in [9.17, 15) is 9.59 Å². The van der Waals surface area contributed by atoms with Gasteiger partial charge in [0.1, 0.15) is 12.3 Å². The second-order valence-electron chi connectivity index (χ2n) is 4.41. The highest BCUT2D eigenvalue weighted by atomic mass is 16.5. The fourth-order valence-electron chi connectivity index (χ4n) is 1.73. The molecule has 6 nitrogen and oxygen atoms in total. The van der Waals surface area contributed by atoms with Crippen LogP contribution in [-0.2, 0) is 4.79 Å². The molecule has 0 heterocycles. The van der Waals surface area contributed by atoms with Gasteiger partial charge in [-0.1, -0.05) is 19.1 Å². The van der Waals surface area contributed by atoms with Gasteiger partial charge in [-0.15, -0.1) is 0 Å². The highest BCUT2D eigenvalue weighted by Crippen LogP contribution is 2.23. The predicted octanol–water partition coefficient (Wildman–Crippen LogP) is 2.41. The number of para-hydroxylation sites is 2. The summed E-state index contributed by atoms with van der Waals surface area (Å²) in [5.41, 5.74) is 0.513. The first kappa shape index (κ1) is 15.8. The van der Waals surface area contributed by atoms with Crippen molar-refractivity contribution in [1.82, 2.24) is 4.90 Å². The van der Waals surface area contributed by atoms with Gasteiger partial charge in [0.15, 0.2) is 0 Å². The van der Waals surface area contributed by atoms with Gasteiger partial charge < -0.3 is 20.1 Å². The minimum Gasteiger partial charge on any atom is -0.495 e. The van der Waals surface area contributed by atoms with Gasteiger partial charge in [0, 0.05) is 6.04 Å². The van der Waals surface area contributed by atoms with Gasteiger partial charge in [0.05, 0.1) is 12.8 Å². The normalized spacial score (nSPS) is 11.6. The van der Waals surface area contributed by atoms with Crippen LogP contribution in [-0.4, -0.2) is 41.7 Å². The minimum atomic E-state index is -1.04. The number of nitrogens with one attached hydrogen (secondary N) is 1. The highest BCUT2D eigenvalue weighted by molar-refractivity contribution is 5.92. The standard InChI is InChI=1S/C14H20N2O4/c1-4-10(2)16(9-13(17)18)14(19)15-11-7-5-6-8-12(11)20-3/h5-8,10H,4,9H2,1-3H3,(H,15,19)(H,17,18). The number of carbonyl (C=O) groups is 2. The summed E-state index contributed by atoms with van der Waals surface area (Å²) < 4.78 is 5.14. The maximum Gasteiger partial charge on any atom is 0.323 e. The first-order valence-electron chi connectivity index (χ1n) is 6.42. The van der Waals surface area contributed by atoms with Crippen molar-refractivity contribution in [3.05, 3.63) is 24.3 Å². The summed E-state index contributed by atoms with van der Waals surface area (Å²) in [6.45, 7) is 3.37. The molecule has 1 unspecified atom stereocenters. The highest BCUT2D eigenvalue weighted by Gasteiger charge is 2.22. The molecule has 1 rings (SSSR count). The number of carboxylic acid groups (broad SMARTS) is 1. The molecule has 110 valence electrons. The molecule has 2 amide bonds. The molecule has 0 saturated carbocycles. The average Bonchev–Trinajstić information content (AvgIpc) is 2.44. The number of methoxy groups -OCH3 is 1. The Labute approximate surface area is 118 Å². The first-order valence-corrected chi connectivity index (χ1v) is 6.42. The monoisotopic (exact) mass is 280 g/mol. The van der Waals surface area contributed by atoms with E-state index in [1.165, 1.54) is 12.0 Å². The minimum absolute atomic E-state index is 0.166. The van der Waals surface area contributed by atoms with Crippen LogP contribution in [0.15, 0.2) is 24.3 Å². The number of benzene rings is 1. The zero-order valence-electron chi connectivity index (χ0n) is 11.9. The second-order valence-corrected chi connectivity index (χ2v) is 4.41. The number of nitrogens with zero attached hydrogens (tertiary/aromatic N) is 1. The largest absolute Gasteiger partial charge is 0.495 e. The number of aliphatic carboxylic acids is 1. The van der Waals surface area contributed by atoms with Crippen LogP contribution in [0.3, 0.4) is 0 Å².